The molecule has 2 rings (SSSR count). The highest BCUT2D eigenvalue weighted by Crippen LogP contribution is 2.45. The van der Waals surface area contributed by atoms with Gasteiger partial charge in [0.1, 0.15) is 0 Å². The molecular weight excluding hydrogens is 272 g/mol. The van der Waals surface area contributed by atoms with Crippen LogP contribution in [0.25, 0.3) is 0 Å². The van der Waals surface area contributed by atoms with Crippen molar-refractivity contribution in [1.29, 1.82) is 0 Å². The maximum atomic E-state index is 14.0. The lowest BCUT2D eigenvalue weighted by Crippen LogP contribution is -2.37. The van der Waals surface area contributed by atoms with Gasteiger partial charge in [0.15, 0.2) is 11.6 Å². The van der Waals surface area contributed by atoms with Crippen LogP contribution in [-0.2, 0) is 5.41 Å². The molecule has 0 aromatic heterocycles. The monoisotopic (exact) mass is 289 g/mol. The lowest BCUT2D eigenvalue weighted by Gasteiger charge is -2.37. The second kappa shape index (κ2) is 5.63. The molecule has 5 heteroatoms. The average molecular weight is 290 g/mol. The Morgan fingerprint density at radius 1 is 1.26 bits per heavy atom. The first kappa shape index (κ1) is 14.5. The zero-order valence-corrected chi connectivity index (χ0v) is 11.7. The number of nitrogens with two attached hydrogens (primary N) is 1. The normalized spacial score (nSPS) is 18.4. The minimum Gasteiger partial charge on any atom is -0.493 e. The summed E-state index contributed by atoms with van der Waals surface area (Å²) in [4.78, 5) is 0. The Balaban J connectivity index is 2.59. The topological polar surface area (TPSA) is 35.2 Å². The Labute approximate surface area is 116 Å². The fraction of sp³-hybridized carbons (Fsp3) is 0.571. The van der Waals surface area contributed by atoms with Gasteiger partial charge in [-0.1, -0.05) is 30.9 Å². The van der Waals surface area contributed by atoms with Crippen LogP contribution in [0.1, 0.15) is 37.7 Å². The van der Waals surface area contributed by atoms with Crippen LogP contribution in [0.4, 0.5) is 8.78 Å². The molecular formula is C14H18ClF2NO. The number of rotatable bonds is 3. The second-order valence-electron chi connectivity index (χ2n) is 5.11. The van der Waals surface area contributed by atoms with Gasteiger partial charge in [-0.3, -0.25) is 0 Å². The number of hydrogen-bond acceptors (Lipinski definition) is 2. The van der Waals surface area contributed by atoms with Crippen molar-refractivity contribution in [3.05, 3.63) is 28.3 Å². The number of hydrogen-bond donors (Lipinski definition) is 1. The minimum absolute atomic E-state index is 0.0609. The van der Waals surface area contributed by atoms with Crippen molar-refractivity contribution in [2.24, 2.45) is 5.73 Å². The first-order chi connectivity index (χ1) is 9.05. The molecule has 0 bridgehead atoms. The Hall–Kier alpha value is -0.870. The van der Waals surface area contributed by atoms with Crippen molar-refractivity contribution < 1.29 is 13.5 Å². The molecule has 2 nitrogen and oxygen atoms in total. The SMILES string of the molecule is COc1c(C2(CN)CCCCC2)cc(Cl)c(F)c1F. The summed E-state index contributed by atoms with van der Waals surface area (Å²) in [6.45, 7) is 0.380. The smallest absolute Gasteiger partial charge is 0.202 e. The van der Waals surface area contributed by atoms with E-state index in [1.54, 1.807) is 0 Å². The second-order valence-corrected chi connectivity index (χ2v) is 5.52. The fourth-order valence-electron chi connectivity index (χ4n) is 2.98. The van der Waals surface area contributed by atoms with Crippen molar-refractivity contribution in [2.45, 2.75) is 37.5 Å². The first-order valence-electron chi connectivity index (χ1n) is 6.48. The molecule has 1 aromatic rings. The standard InChI is InChI=1S/C14H18ClF2NO/c1-19-13-9(7-10(15)11(16)12(13)17)14(8-18)5-3-2-4-6-14/h7H,2-6,8,18H2,1H3. The quantitative estimate of drug-likeness (QED) is 0.859. The first-order valence-corrected chi connectivity index (χ1v) is 6.85. The summed E-state index contributed by atoms with van der Waals surface area (Å²) < 4.78 is 32.6. The van der Waals surface area contributed by atoms with Crippen molar-refractivity contribution >= 4 is 11.6 Å². The summed E-state index contributed by atoms with van der Waals surface area (Å²) in [6.07, 6.45) is 4.89. The number of methoxy groups -OCH3 is 1. The van der Waals surface area contributed by atoms with Crippen molar-refractivity contribution in [3.8, 4) is 5.75 Å². The van der Waals surface area contributed by atoms with Crippen molar-refractivity contribution in [2.75, 3.05) is 13.7 Å². The van der Waals surface area contributed by atoms with Crippen LogP contribution in [0.3, 0.4) is 0 Å². The van der Waals surface area contributed by atoms with E-state index in [0.717, 1.165) is 32.1 Å². The molecule has 0 heterocycles. The van der Waals surface area contributed by atoms with Crippen molar-refractivity contribution in [1.82, 2.24) is 0 Å². The number of benzene rings is 1. The maximum Gasteiger partial charge on any atom is 0.202 e. The molecule has 19 heavy (non-hydrogen) atoms. The van der Waals surface area contributed by atoms with Crippen LogP contribution in [0.5, 0.6) is 5.75 Å². The summed E-state index contributed by atoms with van der Waals surface area (Å²) in [7, 11) is 1.34. The van der Waals surface area contributed by atoms with Crippen LogP contribution >= 0.6 is 11.6 Å². The van der Waals surface area contributed by atoms with Gasteiger partial charge in [0.25, 0.3) is 0 Å². The Kier molecular flexibility index (Phi) is 4.31. The molecule has 2 N–H and O–H groups in total. The molecule has 1 aliphatic carbocycles. The van der Waals surface area contributed by atoms with Gasteiger partial charge in [-0.05, 0) is 18.9 Å². The highest BCUT2D eigenvalue weighted by atomic mass is 35.5. The lowest BCUT2D eigenvalue weighted by atomic mass is 9.69. The zero-order chi connectivity index (χ0) is 14.0. The van der Waals surface area contributed by atoms with E-state index in [2.05, 4.69) is 0 Å². The number of halogens is 3. The Morgan fingerprint density at radius 2 is 1.89 bits per heavy atom. The molecule has 0 unspecified atom stereocenters. The molecule has 1 aliphatic rings. The highest BCUT2D eigenvalue weighted by molar-refractivity contribution is 6.30. The van der Waals surface area contributed by atoms with E-state index in [-0.39, 0.29) is 16.2 Å². The van der Waals surface area contributed by atoms with Gasteiger partial charge < -0.3 is 10.5 Å². The summed E-state index contributed by atoms with van der Waals surface area (Å²) in [5, 5.41) is -0.216. The lowest BCUT2D eigenvalue weighted by molar-refractivity contribution is 0.280. The third-order valence-corrected chi connectivity index (χ3v) is 4.37. The van der Waals surface area contributed by atoms with Gasteiger partial charge in [-0.25, -0.2) is 4.39 Å². The molecule has 0 saturated heterocycles. The third kappa shape index (κ3) is 2.43. The van der Waals surface area contributed by atoms with E-state index in [9.17, 15) is 8.78 Å². The predicted octanol–water partition coefficient (Wildman–Crippen LogP) is 3.79. The molecule has 1 aromatic carbocycles. The van der Waals surface area contributed by atoms with Gasteiger partial charge in [-0.2, -0.15) is 4.39 Å². The average Bonchev–Trinajstić information content (AvgIpc) is 2.45. The zero-order valence-electron chi connectivity index (χ0n) is 10.9. The van der Waals surface area contributed by atoms with E-state index in [1.807, 2.05) is 0 Å². The van der Waals surface area contributed by atoms with Gasteiger partial charge in [0.2, 0.25) is 5.82 Å². The molecule has 0 aliphatic heterocycles. The molecule has 106 valence electrons. The molecule has 0 amide bonds. The summed E-state index contributed by atoms with van der Waals surface area (Å²) in [5.41, 5.74) is 6.16. The van der Waals surface area contributed by atoms with E-state index in [1.165, 1.54) is 13.2 Å². The predicted molar refractivity (Wildman–Crippen MR) is 71.7 cm³/mol. The van der Waals surface area contributed by atoms with Crippen LogP contribution in [0.2, 0.25) is 5.02 Å². The van der Waals surface area contributed by atoms with Crippen LogP contribution in [0, 0.1) is 11.6 Å². The third-order valence-electron chi connectivity index (χ3n) is 4.09. The molecule has 1 fully saturated rings. The highest BCUT2D eigenvalue weighted by Gasteiger charge is 2.37. The van der Waals surface area contributed by atoms with Gasteiger partial charge in [0, 0.05) is 17.5 Å². The van der Waals surface area contributed by atoms with E-state index < -0.39 is 11.6 Å². The van der Waals surface area contributed by atoms with E-state index in [4.69, 9.17) is 22.1 Å². The maximum absolute atomic E-state index is 14.0. The van der Waals surface area contributed by atoms with E-state index >= 15 is 0 Å². The Bertz CT molecular complexity index is 473. The molecule has 0 spiro atoms. The van der Waals surface area contributed by atoms with Gasteiger partial charge >= 0.3 is 0 Å². The van der Waals surface area contributed by atoms with Gasteiger partial charge in [-0.15, -0.1) is 0 Å². The van der Waals surface area contributed by atoms with Crippen LogP contribution in [-0.4, -0.2) is 13.7 Å². The van der Waals surface area contributed by atoms with Gasteiger partial charge in [0.05, 0.1) is 12.1 Å². The minimum atomic E-state index is -1.06. The largest absolute Gasteiger partial charge is 0.493 e. The summed E-state index contributed by atoms with van der Waals surface area (Å²) >= 11 is 5.77. The molecule has 0 atom stereocenters. The summed E-state index contributed by atoms with van der Waals surface area (Å²) in [6, 6.07) is 1.47. The van der Waals surface area contributed by atoms with E-state index in [0.29, 0.717) is 12.1 Å². The number of ether oxygens (including phenoxy) is 1. The fourth-order valence-corrected chi connectivity index (χ4v) is 3.18. The van der Waals surface area contributed by atoms with Crippen LogP contribution < -0.4 is 10.5 Å². The molecule has 1 saturated carbocycles. The summed E-state index contributed by atoms with van der Waals surface area (Å²) in [5.74, 6) is -2.15. The Morgan fingerprint density at radius 3 is 2.42 bits per heavy atom. The van der Waals surface area contributed by atoms with Crippen LogP contribution in [0.15, 0.2) is 6.07 Å². The van der Waals surface area contributed by atoms with Crippen molar-refractivity contribution in [3.63, 3.8) is 0 Å². The molecule has 0 radical (unpaired) electrons.